The third kappa shape index (κ3) is 2.94. The molecule has 0 unspecified atom stereocenters. The minimum absolute atomic E-state index is 0.00421. The molecule has 72 valence electrons. The minimum Gasteiger partial charge on any atom is -0.446 e. The molecule has 0 bridgehead atoms. The van der Waals surface area contributed by atoms with Crippen molar-refractivity contribution in [1.29, 1.82) is 5.26 Å². The number of nitrogens with one attached hydrogen (secondary N) is 1. The van der Waals surface area contributed by atoms with Crippen molar-refractivity contribution in [3.05, 3.63) is 0 Å². The van der Waals surface area contributed by atoms with E-state index in [4.69, 9.17) is 10.00 Å². The Labute approximate surface area is 77.9 Å². The molecular weight excluding hydrogens is 168 g/mol. The van der Waals surface area contributed by atoms with Gasteiger partial charge in [0.2, 0.25) is 0 Å². The lowest BCUT2D eigenvalue weighted by Crippen LogP contribution is -2.28. The fourth-order valence-electron chi connectivity index (χ4n) is 1.52. The molecule has 1 aliphatic rings. The van der Waals surface area contributed by atoms with Crippen LogP contribution in [0.1, 0.15) is 25.7 Å². The van der Waals surface area contributed by atoms with Gasteiger partial charge in [0.1, 0.15) is 6.10 Å². The van der Waals surface area contributed by atoms with E-state index in [0.29, 0.717) is 0 Å². The summed E-state index contributed by atoms with van der Waals surface area (Å²) in [4.78, 5) is 10.8. The predicted octanol–water partition coefficient (Wildman–Crippen LogP) is 1.42. The SMILES string of the molecule is CNC(=O)OC1CCC(C#N)CC1. The molecule has 4 nitrogen and oxygen atoms in total. The minimum atomic E-state index is -0.375. The number of alkyl carbamates (subject to hydrolysis) is 1. The molecule has 0 saturated heterocycles. The Bertz CT molecular complexity index is 214. The molecule has 1 rings (SSSR count). The van der Waals surface area contributed by atoms with Crippen molar-refractivity contribution in [1.82, 2.24) is 5.32 Å². The standard InChI is InChI=1S/C9H14N2O2/c1-11-9(12)13-8-4-2-7(6-10)3-5-8/h7-8H,2-5H2,1H3,(H,11,12). The Morgan fingerprint density at radius 3 is 2.54 bits per heavy atom. The Morgan fingerprint density at radius 1 is 1.46 bits per heavy atom. The number of amides is 1. The van der Waals surface area contributed by atoms with Crippen LogP contribution >= 0.6 is 0 Å². The highest BCUT2D eigenvalue weighted by atomic mass is 16.6. The number of carbonyl (C=O) groups is 1. The molecule has 0 spiro atoms. The van der Waals surface area contributed by atoms with Gasteiger partial charge in [-0.25, -0.2) is 4.79 Å². The highest BCUT2D eigenvalue weighted by Crippen LogP contribution is 2.25. The molecule has 1 saturated carbocycles. The van der Waals surface area contributed by atoms with Crippen LogP contribution in [0, 0.1) is 17.2 Å². The summed E-state index contributed by atoms with van der Waals surface area (Å²) >= 11 is 0. The zero-order valence-electron chi connectivity index (χ0n) is 7.75. The van der Waals surface area contributed by atoms with E-state index in [1.807, 2.05) is 0 Å². The van der Waals surface area contributed by atoms with Gasteiger partial charge in [-0.3, -0.25) is 0 Å². The van der Waals surface area contributed by atoms with E-state index in [9.17, 15) is 4.79 Å². The number of hydrogen-bond acceptors (Lipinski definition) is 3. The first-order chi connectivity index (χ1) is 6.26. The van der Waals surface area contributed by atoms with Crippen LogP contribution in [-0.4, -0.2) is 19.2 Å². The van der Waals surface area contributed by atoms with Gasteiger partial charge in [-0.2, -0.15) is 5.26 Å². The Kier molecular flexibility index (Phi) is 3.56. The second-order valence-corrected chi connectivity index (χ2v) is 3.26. The number of rotatable bonds is 1. The van der Waals surface area contributed by atoms with E-state index in [1.54, 1.807) is 7.05 Å². The topological polar surface area (TPSA) is 62.1 Å². The van der Waals surface area contributed by atoms with E-state index in [1.165, 1.54) is 0 Å². The monoisotopic (exact) mass is 182 g/mol. The molecule has 1 amide bonds. The van der Waals surface area contributed by atoms with Crippen LogP contribution in [0.2, 0.25) is 0 Å². The summed E-state index contributed by atoms with van der Waals surface area (Å²) < 4.78 is 5.07. The van der Waals surface area contributed by atoms with Gasteiger partial charge in [-0.05, 0) is 25.7 Å². The summed E-state index contributed by atoms with van der Waals surface area (Å²) in [5.41, 5.74) is 0. The van der Waals surface area contributed by atoms with Gasteiger partial charge >= 0.3 is 6.09 Å². The highest BCUT2D eigenvalue weighted by molar-refractivity contribution is 5.66. The van der Waals surface area contributed by atoms with Gasteiger partial charge in [0.25, 0.3) is 0 Å². The maximum absolute atomic E-state index is 10.8. The summed E-state index contributed by atoms with van der Waals surface area (Å²) in [6, 6.07) is 2.24. The number of hydrogen-bond donors (Lipinski definition) is 1. The Balaban J connectivity index is 2.26. The highest BCUT2D eigenvalue weighted by Gasteiger charge is 2.23. The Morgan fingerprint density at radius 2 is 2.08 bits per heavy atom. The van der Waals surface area contributed by atoms with Crippen LogP contribution in [-0.2, 0) is 4.74 Å². The lowest BCUT2D eigenvalue weighted by molar-refractivity contribution is 0.0711. The average molecular weight is 182 g/mol. The summed E-state index contributed by atoms with van der Waals surface area (Å²) in [7, 11) is 1.54. The molecule has 0 aromatic rings. The third-order valence-electron chi connectivity index (χ3n) is 2.33. The molecule has 0 atom stereocenters. The van der Waals surface area contributed by atoms with E-state index >= 15 is 0 Å². The maximum Gasteiger partial charge on any atom is 0.407 e. The molecule has 0 aromatic carbocycles. The summed E-state index contributed by atoms with van der Waals surface area (Å²) in [5, 5.41) is 11.0. The molecule has 0 aliphatic heterocycles. The van der Waals surface area contributed by atoms with Gasteiger partial charge in [-0.1, -0.05) is 0 Å². The molecule has 0 radical (unpaired) electrons. The lowest BCUT2D eigenvalue weighted by atomic mass is 9.88. The number of carbonyl (C=O) groups excluding carboxylic acids is 1. The van der Waals surface area contributed by atoms with Crippen molar-refractivity contribution in [3.63, 3.8) is 0 Å². The van der Waals surface area contributed by atoms with E-state index in [-0.39, 0.29) is 18.1 Å². The maximum atomic E-state index is 10.8. The largest absolute Gasteiger partial charge is 0.446 e. The summed E-state index contributed by atoms with van der Waals surface area (Å²) in [5.74, 6) is 0.157. The van der Waals surface area contributed by atoms with E-state index in [0.717, 1.165) is 25.7 Å². The van der Waals surface area contributed by atoms with Crippen LogP contribution in [0.5, 0.6) is 0 Å². The van der Waals surface area contributed by atoms with Gasteiger partial charge in [-0.15, -0.1) is 0 Å². The van der Waals surface area contributed by atoms with Crippen molar-refractivity contribution < 1.29 is 9.53 Å². The normalized spacial score (nSPS) is 27.4. The first-order valence-electron chi connectivity index (χ1n) is 4.54. The quantitative estimate of drug-likeness (QED) is 0.667. The second-order valence-electron chi connectivity index (χ2n) is 3.26. The smallest absolute Gasteiger partial charge is 0.407 e. The van der Waals surface area contributed by atoms with Gasteiger partial charge in [0.05, 0.1) is 6.07 Å². The van der Waals surface area contributed by atoms with Gasteiger partial charge in [0.15, 0.2) is 0 Å². The molecule has 0 aromatic heterocycles. The van der Waals surface area contributed by atoms with Crippen molar-refractivity contribution in [2.75, 3.05) is 7.05 Å². The molecule has 0 heterocycles. The number of nitriles is 1. The fourth-order valence-corrected chi connectivity index (χ4v) is 1.52. The zero-order chi connectivity index (χ0) is 9.68. The summed E-state index contributed by atoms with van der Waals surface area (Å²) in [6.07, 6.45) is 2.94. The van der Waals surface area contributed by atoms with Crippen molar-refractivity contribution in [2.45, 2.75) is 31.8 Å². The van der Waals surface area contributed by atoms with Crippen molar-refractivity contribution in [3.8, 4) is 6.07 Å². The molecule has 4 heteroatoms. The molecule has 1 fully saturated rings. The molecule has 1 N–H and O–H groups in total. The fraction of sp³-hybridized carbons (Fsp3) is 0.778. The third-order valence-corrected chi connectivity index (χ3v) is 2.33. The Hall–Kier alpha value is -1.24. The average Bonchev–Trinajstić information content (AvgIpc) is 2.19. The van der Waals surface area contributed by atoms with E-state index in [2.05, 4.69) is 11.4 Å². The van der Waals surface area contributed by atoms with Crippen LogP contribution in [0.15, 0.2) is 0 Å². The van der Waals surface area contributed by atoms with E-state index < -0.39 is 0 Å². The number of nitrogens with zero attached hydrogens (tertiary/aromatic N) is 1. The van der Waals surface area contributed by atoms with Crippen LogP contribution < -0.4 is 5.32 Å². The molecule has 13 heavy (non-hydrogen) atoms. The van der Waals surface area contributed by atoms with Crippen LogP contribution in [0.3, 0.4) is 0 Å². The van der Waals surface area contributed by atoms with Gasteiger partial charge < -0.3 is 10.1 Å². The predicted molar refractivity (Wildman–Crippen MR) is 46.9 cm³/mol. The van der Waals surface area contributed by atoms with Crippen molar-refractivity contribution in [2.24, 2.45) is 5.92 Å². The first-order valence-corrected chi connectivity index (χ1v) is 4.54. The van der Waals surface area contributed by atoms with Gasteiger partial charge in [0, 0.05) is 13.0 Å². The number of ether oxygens (including phenoxy) is 1. The zero-order valence-corrected chi connectivity index (χ0v) is 7.75. The molecular formula is C9H14N2O2. The van der Waals surface area contributed by atoms with Crippen molar-refractivity contribution >= 4 is 6.09 Å². The summed E-state index contributed by atoms with van der Waals surface area (Å²) in [6.45, 7) is 0. The second kappa shape index (κ2) is 4.70. The van der Waals surface area contributed by atoms with Crippen LogP contribution in [0.4, 0.5) is 4.79 Å². The molecule has 1 aliphatic carbocycles. The van der Waals surface area contributed by atoms with Crippen LogP contribution in [0.25, 0.3) is 0 Å². The lowest BCUT2D eigenvalue weighted by Gasteiger charge is -2.24. The first kappa shape index (κ1) is 9.85.